The van der Waals surface area contributed by atoms with E-state index >= 15 is 0 Å². The Balaban J connectivity index is 2.16. The van der Waals surface area contributed by atoms with Crippen LogP contribution in [0.15, 0.2) is 54.4 Å². The molecule has 1 aliphatic heterocycles. The molecule has 1 aromatic rings. The van der Waals surface area contributed by atoms with E-state index in [1.807, 2.05) is 51.2 Å². The largest absolute Gasteiger partial charge is 0.457 e. The van der Waals surface area contributed by atoms with Crippen molar-refractivity contribution in [1.82, 2.24) is 9.97 Å². The molecule has 0 aliphatic carbocycles. The Morgan fingerprint density at radius 1 is 1.37 bits per heavy atom. The molecule has 0 fully saturated rings. The highest BCUT2D eigenvalue weighted by atomic mass is 16.5. The summed E-state index contributed by atoms with van der Waals surface area (Å²) in [5, 5.41) is 20.6. The monoisotopic (exact) mass is 414 g/mol. The van der Waals surface area contributed by atoms with Gasteiger partial charge in [0.15, 0.2) is 0 Å². The van der Waals surface area contributed by atoms with Gasteiger partial charge in [-0.15, -0.1) is 0 Å². The first-order valence-corrected chi connectivity index (χ1v) is 10.6. The maximum Gasteiger partial charge on any atom is 0.309 e. The van der Waals surface area contributed by atoms with E-state index in [0.29, 0.717) is 19.3 Å². The molecule has 2 heterocycles. The van der Waals surface area contributed by atoms with Gasteiger partial charge < -0.3 is 14.9 Å². The summed E-state index contributed by atoms with van der Waals surface area (Å²) < 4.78 is 5.72. The van der Waals surface area contributed by atoms with Crippen molar-refractivity contribution in [2.75, 3.05) is 0 Å². The Hall–Kier alpha value is -2.31. The molecule has 0 bridgehead atoms. The molecule has 0 amide bonds. The van der Waals surface area contributed by atoms with Crippen LogP contribution in [-0.2, 0) is 9.53 Å². The van der Waals surface area contributed by atoms with Crippen LogP contribution in [0.25, 0.3) is 0 Å². The fourth-order valence-corrected chi connectivity index (χ4v) is 3.42. The third kappa shape index (κ3) is 7.84. The van der Waals surface area contributed by atoms with Crippen LogP contribution in [-0.4, -0.2) is 44.0 Å². The standard InChI is InChI=1S/C24H34N2O4/c1-17(8-5-9-19(3)23-25-14-7-15-26-23)22-18(2)10-6-12-24(4,29)13-11-20(27)16-21(28)30-22/h5-10,14-15,18-20,22,27,29H,11-13,16H2,1-4H3/b9-5+,10-6+,17-8+/t18-,19-,20+,22+,24-/m0/s1. The highest BCUT2D eigenvalue weighted by molar-refractivity contribution is 5.70. The van der Waals surface area contributed by atoms with Crippen molar-refractivity contribution < 1.29 is 19.7 Å². The lowest BCUT2D eigenvalue weighted by molar-refractivity contribution is -0.151. The quantitative estimate of drug-likeness (QED) is 0.441. The maximum absolute atomic E-state index is 12.4. The number of carbonyl (C=O) groups excluding carboxylic acids is 1. The van der Waals surface area contributed by atoms with E-state index in [1.165, 1.54) is 0 Å². The summed E-state index contributed by atoms with van der Waals surface area (Å²) in [6.45, 7) is 7.68. The van der Waals surface area contributed by atoms with Crippen LogP contribution < -0.4 is 0 Å². The zero-order valence-electron chi connectivity index (χ0n) is 18.4. The summed E-state index contributed by atoms with van der Waals surface area (Å²) in [6, 6.07) is 1.78. The minimum absolute atomic E-state index is 0.0591. The number of cyclic esters (lactones) is 1. The van der Waals surface area contributed by atoms with Crippen LogP contribution in [0.4, 0.5) is 0 Å². The first-order valence-electron chi connectivity index (χ1n) is 10.6. The number of esters is 1. The molecule has 0 unspecified atom stereocenters. The van der Waals surface area contributed by atoms with Gasteiger partial charge in [0.1, 0.15) is 11.9 Å². The molecule has 5 atom stereocenters. The van der Waals surface area contributed by atoms with E-state index in [-0.39, 0.29) is 18.3 Å². The Morgan fingerprint density at radius 2 is 2.07 bits per heavy atom. The summed E-state index contributed by atoms with van der Waals surface area (Å²) in [4.78, 5) is 20.9. The van der Waals surface area contributed by atoms with Gasteiger partial charge >= 0.3 is 5.97 Å². The van der Waals surface area contributed by atoms with E-state index in [2.05, 4.69) is 9.97 Å². The highest BCUT2D eigenvalue weighted by Crippen LogP contribution is 2.24. The number of aliphatic hydroxyl groups is 2. The second-order valence-electron chi connectivity index (χ2n) is 8.49. The molecule has 30 heavy (non-hydrogen) atoms. The molecule has 6 nitrogen and oxygen atoms in total. The van der Waals surface area contributed by atoms with Crippen LogP contribution in [0.2, 0.25) is 0 Å². The number of allylic oxidation sites excluding steroid dienone is 3. The number of ether oxygens (including phenoxy) is 1. The summed E-state index contributed by atoms with van der Waals surface area (Å²) in [5.74, 6) is 0.301. The number of aliphatic hydroxyl groups excluding tert-OH is 1. The van der Waals surface area contributed by atoms with Crippen molar-refractivity contribution in [2.24, 2.45) is 5.92 Å². The average molecular weight is 415 g/mol. The predicted octanol–water partition coefficient (Wildman–Crippen LogP) is 3.87. The van der Waals surface area contributed by atoms with Gasteiger partial charge in [-0.2, -0.15) is 0 Å². The first-order chi connectivity index (χ1) is 14.2. The van der Waals surface area contributed by atoms with Gasteiger partial charge in [-0.3, -0.25) is 4.79 Å². The van der Waals surface area contributed by atoms with E-state index in [9.17, 15) is 15.0 Å². The number of aromatic nitrogens is 2. The average Bonchev–Trinajstić information content (AvgIpc) is 2.70. The van der Waals surface area contributed by atoms with Gasteiger partial charge in [0.2, 0.25) is 0 Å². The molecule has 0 radical (unpaired) electrons. The summed E-state index contributed by atoms with van der Waals surface area (Å²) in [7, 11) is 0. The van der Waals surface area contributed by atoms with Gasteiger partial charge in [0.05, 0.1) is 18.1 Å². The number of hydrogen-bond acceptors (Lipinski definition) is 6. The molecule has 0 spiro atoms. The third-order valence-electron chi connectivity index (χ3n) is 5.35. The fourth-order valence-electron chi connectivity index (χ4n) is 3.42. The van der Waals surface area contributed by atoms with E-state index in [1.54, 1.807) is 25.4 Å². The van der Waals surface area contributed by atoms with Gasteiger partial charge in [-0.1, -0.05) is 44.2 Å². The maximum atomic E-state index is 12.4. The number of hydrogen-bond donors (Lipinski definition) is 2. The Labute approximate surface area is 179 Å². The lowest BCUT2D eigenvalue weighted by Gasteiger charge is -2.27. The van der Waals surface area contributed by atoms with Crippen molar-refractivity contribution >= 4 is 5.97 Å². The van der Waals surface area contributed by atoms with Crippen molar-refractivity contribution in [3.8, 4) is 0 Å². The molecule has 6 heteroatoms. The molecular formula is C24H34N2O4. The second-order valence-corrected chi connectivity index (χ2v) is 8.49. The molecule has 0 aromatic carbocycles. The zero-order valence-corrected chi connectivity index (χ0v) is 18.4. The van der Waals surface area contributed by atoms with Gasteiger partial charge in [-0.25, -0.2) is 9.97 Å². The van der Waals surface area contributed by atoms with Crippen LogP contribution in [0.1, 0.15) is 65.1 Å². The first kappa shape index (κ1) is 24.0. The molecular weight excluding hydrogens is 380 g/mol. The van der Waals surface area contributed by atoms with Crippen LogP contribution in [0.3, 0.4) is 0 Å². The van der Waals surface area contributed by atoms with E-state index in [4.69, 9.17) is 4.74 Å². The summed E-state index contributed by atoms with van der Waals surface area (Å²) in [6.07, 6.45) is 13.1. The zero-order chi connectivity index (χ0) is 22.1. The number of rotatable bonds is 4. The molecule has 2 rings (SSSR count). The third-order valence-corrected chi connectivity index (χ3v) is 5.35. The molecule has 1 aromatic heterocycles. The molecule has 2 N–H and O–H groups in total. The van der Waals surface area contributed by atoms with Crippen LogP contribution in [0.5, 0.6) is 0 Å². The minimum Gasteiger partial charge on any atom is -0.457 e. The predicted molar refractivity (Wildman–Crippen MR) is 117 cm³/mol. The molecule has 0 saturated heterocycles. The fraction of sp³-hybridized carbons (Fsp3) is 0.542. The van der Waals surface area contributed by atoms with E-state index in [0.717, 1.165) is 11.4 Å². The summed E-state index contributed by atoms with van der Waals surface area (Å²) in [5.41, 5.74) is -0.00441. The van der Waals surface area contributed by atoms with Crippen LogP contribution in [0, 0.1) is 5.92 Å². The second kappa shape index (κ2) is 11.2. The Morgan fingerprint density at radius 3 is 2.77 bits per heavy atom. The van der Waals surface area contributed by atoms with Crippen molar-refractivity contribution in [3.63, 3.8) is 0 Å². The normalized spacial score (nSPS) is 31.5. The molecule has 0 saturated carbocycles. The lowest BCUT2D eigenvalue weighted by atomic mass is 9.91. The van der Waals surface area contributed by atoms with Crippen molar-refractivity contribution in [3.05, 3.63) is 60.2 Å². The Bertz CT molecular complexity index is 771. The summed E-state index contributed by atoms with van der Waals surface area (Å²) >= 11 is 0. The van der Waals surface area contributed by atoms with Gasteiger partial charge in [-0.05, 0) is 44.7 Å². The van der Waals surface area contributed by atoms with Crippen molar-refractivity contribution in [1.29, 1.82) is 0 Å². The lowest BCUT2D eigenvalue weighted by Crippen LogP contribution is -2.30. The molecule has 164 valence electrons. The Kier molecular flexibility index (Phi) is 8.93. The minimum atomic E-state index is -0.904. The highest BCUT2D eigenvalue weighted by Gasteiger charge is 2.26. The smallest absolute Gasteiger partial charge is 0.309 e. The number of nitrogens with zero attached hydrogens (tertiary/aromatic N) is 2. The topological polar surface area (TPSA) is 92.5 Å². The van der Waals surface area contributed by atoms with Crippen molar-refractivity contribution in [2.45, 2.75) is 77.1 Å². The SMILES string of the molecule is C/C(=C\C=C\[C@H](C)c1ncccn1)[C@H]1OC(=O)C[C@H](O)CC[C@@](C)(O)C/C=C/[C@@H]1C. The van der Waals surface area contributed by atoms with Gasteiger partial charge in [0, 0.05) is 24.2 Å². The van der Waals surface area contributed by atoms with Gasteiger partial charge in [0.25, 0.3) is 0 Å². The van der Waals surface area contributed by atoms with E-state index < -0.39 is 23.8 Å². The molecule has 1 aliphatic rings. The van der Waals surface area contributed by atoms with Crippen LogP contribution >= 0.6 is 0 Å². The number of carbonyl (C=O) groups is 1.